The summed E-state index contributed by atoms with van der Waals surface area (Å²) in [5, 5.41) is -0.385. The molecule has 0 radical (unpaired) electrons. The van der Waals surface area contributed by atoms with Crippen LogP contribution >= 0.6 is 11.3 Å². The van der Waals surface area contributed by atoms with Gasteiger partial charge >= 0.3 is 0 Å². The molecule has 0 unspecified atom stereocenters. The summed E-state index contributed by atoms with van der Waals surface area (Å²) < 4.78 is 248. The van der Waals surface area contributed by atoms with Gasteiger partial charge in [-0.2, -0.15) is 15.0 Å². The van der Waals surface area contributed by atoms with Crippen LogP contribution < -0.4 is 0 Å². The second-order valence-corrected chi connectivity index (χ2v) is 15.0. The number of nitrogens with zero attached hydrogens (tertiary/aromatic N) is 5. The molecule has 0 saturated heterocycles. The highest BCUT2D eigenvalue weighted by atomic mass is 32.1. The Hall–Kier alpha value is -8.19. The first kappa shape index (κ1) is 18.0. The highest BCUT2D eigenvalue weighted by molar-refractivity contribution is 7.26. The summed E-state index contributed by atoms with van der Waals surface area (Å²) in [6, 6.07) is -9.35. The van der Waals surface area contributed by atoms with Crippen LogP contribution in [0.3, 0.4) is 0 Å². The van der Waals surface area contributed by atoms with E-state index in [4.69, 9.17) is 38.3 Å². The van der Waals surface area contributed by atoms with Crippen LogP contribution in [0.5, 0.6) is 0 Å². The average Bonchev–Trinajstić information content (AvgIpc) is 1.48. The Morgan fingerprint density at radius 1 is 0.381 bits per heavy atom. The summed E-state index contributed by atoms with van der Waals surface area (Å²) in [5.41, 5.74) is -5.72. The van der Waals surface area contributed by atoms with E-state index in [2.05, 4.69) is 0 Å². The van der Waals surface area contributed by atoms with Crippen molar-refractivity contribution < 1.29 is 37.0 Å². The van der Waals surface area contributed by atoms with Gasteiger partial charge in [0.2, 0.25) is 11.9 Å². The number of hydrogen-bond acceptors (Lipinski definition) is 4. The van der Waals surface area contributed by atoms with E-state index in [1.165, 1.54) is 11.3 Å². The summed E-state index contributed by atoms with van der Waals surface area (Å²) in [6.45, 7) is 0. The molecule has 4 aromatic heterocycles. The van der Waals surface area contributed by atoms with Gasteiger partial charge in [0.05, 0.1) is 59.1 Å². The van der Waals surface area contributed by atoms with Gasteiger partial charge in [-0.1, -0.05) is 175 Å². The lowest BCUT2D eigenvalue weighted by molar-refractivity contribution is 0.894. The number of thiophene rings is 1. The van der Waals surface area contributed by atoms with Crippen LogP contribution in [-0.2, 0) is 0 Å². The van der Waals surface area contributed by atoms with E-state index in [1.807, 2.05) is 30.3 Å². The minimum absolute atomic E-state index is 0.220. The Morgan fingerprint density at radius 3 is 1.54 bits per heavy atom. The molecular weight excluding hydrogens is 787 g/mol. The number of fused-ring (bicyclic) bond motifs is 9. The predicted molar refractivity (Wildman–Crippen MR) is 263 cm³/mol. The maximum Gasteiger partial charge on any atom is 0.240 e. The first-order valence-electron chi connectivity index (χ1n) is 32.5. The molecule has 0 fully saturated rings. The van der Waals surface area contributed by atoms with Gasteiger partial charge in [-0.05, 0) is 69.7 Å². The lowest BCUT2D eigenvalue weighted by Gasteiger charge is -2.14. The number of benzene rings is 9. The largest absolute Gasteiger partial charge is 0.278 e. The van der Waals surface area contributed by atoms with Crippen LogP contribution in [0, 0.1) is 0 Å². The van der Waals surface area contributed by atoms with Crippen LogP contribution in [0.15, 0.2) is 212 Å². The molecule has 0 bridgehead atoms. The molecule has 0 amide bonds. The number of para-hydroxylation sites is 1. The zero-order chi connectivity index (χ0) is 64.9. The summed E-state index contributed by atoms with van der Waals surface area (Å²) in [6.07, 6.45) is 0. The molecule has 0 N–H and O–H groups in total. The van der Waals surface area contributed by atoms with Crippen molar-refractivity contribution in [1.82, 2.24) is 24.1 Å². The van der Waals surface area contributed by atoms with Gasteiger partial charge in [0.15, 0.2) is 5.82 Å². The molecule has 13 rings (SSSR count). The quantitative estimate of drug-likeness (QED) is 0.167. The molecule has 0 spiro atoms. The van der Waals surface area contributed by atoms with Gasteiger partial charge in [-0.15, -0.1) is 11.3 Å². The van der Waals surface area contributed by atoms with Crippen molar-refractivity contribution in [3.05, 3.63) is 212 Å². The second-order valence-electron chi connectivity index (χ2n) is 13.9. The molecule has 9 aromatic carbocycles. The van der Waals surface area contributed by atoms with E-state index < -0.39 is 247 Å². The number of rotatable bonds is 6. The lowest BCUT2D eigenvalue weighted by atomic mass is 10.0. The zero-order valence-electron chi connectivity index (χ0n) is 58.8. The molecule has 5 nitrogen and oxygen atoms in total. The van der Waals surface area contributed by atoms with Crippen molar-refractivity contribution >= 4 is 75.1 Å². The highest BCUT2D eigenvalue weighted by Crippen LogP contribution is 2.42. The molecule has 63 heavy (non-hydrogen) atoms. The van der Waals surface area contributed by atoms with Gasteiger partial charge in [0, 0.05) is 47.3 Å². The van der Waals surface area contributed by atoms with Crippen molar-refractivity contribution in [3.8, 4) is 56.7 Å². The third kappa shape index (κ3) is 5.73. The third-order valence-corrected chi connectivity index (χ3v) is 11.7. The van der Waals surface area contributed by atoms with E-state index in [-0.39, 0.29) is 16.9 Å². The lowest BCUT2D eigenvalue weighted by Crippen LogP contribution is -2.10. The van der Waals surface area contributed by atoms with Crippen LogP contribution in [0.2, 0.25) is 0 Å². The molecule has 294 valence electrons. The molecular formula is C57H35N5S. The smallest absolute Gasteiger partial charge is 0.240 e. The Bertz CT molecular complexity index is 5450. The van der Waals surface area contributed by atoms with E-state index in [0.29, 0.717) is 10.1 Å². The zero-order valence-corrected chi connectivity index (χ0v) is 32.6. The van der Waals surface area contributed by atoms with Crippen LogP contribution in [0.25, 0.3) is 120 Å². The molecule has 0 atom stereocenters. The fourth-order valence-corrected chi connectivity index (χ4v) is 8.92. The van der Waals surface area contributed by atoms with Crippen LogP contribution in [0.1, 0.15) is 37.0 Å². The van der Waals surface area contributed by atoms with Crippen molar-refractivity contribution in [2.75, 3.05) is 0 Å². The maximum atomic E-state index is 10.2. The summed E-state index contributed by atoms with van der Waals surface area (Å²) >= 11 is 1.29. The monoisotopic (exact) mass is 848 g/mol. The second kappa shape index (κ2) is 14.2. The summed E-state index contributed by atoms with van der Waals surface area (Å²) in [5.74, 6) is -1.68. The van der Waals surface area contributed by atoms with E-state index in [9.17, 15) is 13.7 Å². The van der Waals surface area contributed by atoms with Crippen molar-refractivity contribution in [2.45, 2.75) is 0 Å². The normalized spacial score (nSPS) is 17.8. The van der Waals surface area contributed by atoms with Crippen LogP contribution in [-0.4, -0.2) is 24.1 Å². The van der Waals surface area contributed by atoms with E-state index in [0.717, 1.165) is 25.3 Å². The predicted octanol–water partition coefficient (Wildman–Crippen LogP) is 15.1. The minimum Gasteiger partial charge on any atom is -0.278 e. The Labute approximate surface area is 404 Å². The Kier molecular flexibility index (Phi) is 4.06. The van der Waals surface area contributed by atoms with Crippen molar-refractivity contribution in [1.29, 1.82) is 0 Å². The van der Waals surface area contributed by atoms with Gasteiger partial charge in [-0.3, -0.25) is 9.13 Å². The topological polar surface area (TPSA) is 48.5 Å². The number of aromatic nitrogens is 5. The third-order valence-electron chi connectivity index (χ3n) is 10.5. The average molecular weight is 849 g/mol. The molecule has 6 heteroatoms. The first-order valence-corrected chi connectivity index (χ1v) is 19.8. The Balaban J connectivity index is 1.30. The van der Waals surface area contributed by atoms with Crippen LogP contribution in [0.4, 0.5) is 0 Å². The van der Waals surface area contributed by atoms with E-state index >= 15 is 0 Å². The van der Waals surface area contributed by atoms with Crippen molar-refractivity contribution in [2.24, 2.45) is 0 Å². The standard InChI is InChI=1S/C57H35N5S/c1-4-15-36(16-5-1)39-27-30-43-42-21-10-12-25-49(42)61(50(43)33-39)56-58-55(48-24-14-23-47-46-22-11-13-26-53(46)63-54(47)48)59-57(60-56)62-51-34-40(37-17-6-2-7-18-37)28-31-44(51)45-32-29-41(35-52(45)62)38-19-8-3-9-20-38/h1-35H/i1D,2D,3D,4D,5D,6D,7D,8D,9D,10D,12D,15D,16D,17D,18D,19D,20D,21D,25D,27D,28D,29D,30D,31D,32D,33D,34D. The summed E-state index contributed by atoms with van der Waals surface area (Å²) in [4.78, 5) is 14.9. The fraction of sp³-hybridized carbons (Fsp3) is 0. The molecule has 0 aliphatic rings. The maximum absolute atomic E-state index is 10.2. The molecule has 0 saturated carbocycles. The molecule has 4 heterocycles. The minimum atomic E-state index is -0.892. The fourth-order valence-electron chi connectivity index (χ4n) is 7.71. The highest BCUT2D eigenvalue weighted by Gasteiger charge is 2.23. The van der Waals surface area contributed by atoms with Gasteiger partial charge in [0.1, 0.15) is 0 Å². The molecule has 13 aromatic rings. The van der Waals surface area contributed by atoms with Gasteiger partial charge in [-0.25, -0.2) is 0 Å². The molecule has 0 aliphatic heterocycles. The van der Waals surface area contributed by atoms with Gasteiger partial charge < -0.3 is 0 Å². The van der Waals surface area contributed by atoms with Gasteiger partial charge in [0.25, 0.3) is 0 Å². The SMILES string of the molecule is [2H]c1c([2H])c([2H])c(-c2cc3c(c([2H])c2[2H])c2c([2H])c([2H])c(-c4c([2H])c([2H])c([2H])c([2H])c4[2H])c([2H])c2n3-c2nc(-c3cccc4c3sc3ccccc34)nc(-n3c4c([2H])c([2H])c([2H])c([2H])c4c4c([2H])c([2H])c(-c5c([2H])c([2H])c([2H])c([2H])c5[2H])c([2H])c43)n2)c([2H])c1[2H]. The number of hydrogen-bond donors (Lipinski definition) is 0. The van der Waals surface area contributed by atoms with Crippen molar-refractivity contribution in [3.63, 3.8) is 0 Å². The first-order chi connectivity index (χ1) is 42.5. The van der Waals surface area contributed by atoms with E-state index in [1.54, 1.807) is 12.1 Å². The Morgan fingerprint density at radius 2 is 0.889 bits per heavy atom. The summed E-state index contributed by atoms with van der Waals surface area (Å²) in [7, 11) is 0. The molecule has 0 aliphatic carbocycles.